The zero-order valence-electron chi connectivity index (χ0n) is 12.1. The molecule has 0 amide bonds. The highest BCUT2D eigenvalue weighted by molar-refractivity contribution is 5.85. The first-order valence-electron chi connectivity index (χ1n) is 7.40. The summed E-state index contributed by atoms with van der Waals surface area (Å²) in [5.41, 5.74) is 2.37. The Kier molecular flexibility index (Phi) is 3.76. The number of nitrogens with zero attached hydrogens (tertiary/aromatic N) is 2. The van der Waals surface area contributed by atoms with E-state index in [2.05, 4.69) is 41.7 Å². The molecule has 0 radical (unpaired) electrons. The maximum atomic E-state index is 5.64. The van der Waals surface area contributed by atoms with Crippen LogP contribution in [0, 0.1) is 12.8 Å². The number of hydrogen-bond acceptors (Lipinski definition) is 4. The van der Waals surface area contributed by atoms with Crippen molar-refractivity contribution in [1.29, 1.82) is 0 Å². The molecule has 2 heterocycles. The third-order valence-electron chi connectivity index (χ3n) is 4.95. The Labute approximate surface area is 130 Å². The molecule has 1 aromatic heterocycles. The number of halogens is 1. The highest BCUT2D eigenvalue weighted by Gasteiger charge is 2.51. The average molecular weight is 306 g/mol. The lowest BCUT2D eigenvalue weighted by Crippen LogP contribution is -2.31. The van der Waals surface area contributed by atoms with Gasteiger partial charge in [0.1, 0.15) is 0 Å². The summed E-state index contributed by atoms with van der Waals surface area (Å²) >= 11 is 0. The van der Waals surface area contributed by atoms with E-state index in [4.69, 9.17) is 9.51 Å². The van der Waals surface area contributed by atoms with E-state index in [9.17, 15) is 0 Å². The minimum Gasteiger partial charge on any atom is -0.338 e. The fraction of sp³-hybridized carbons (Fsp3) is 0.500. The van der Waals surface area contributed by atoms with Crippen LogP contribution in [-0.2, 0) is 5.41 Å². The van der Waals surface area contributed by atoms with Gasteiger partial charge in [-0.05, 0) is 32.2 Å². The van der Waals surface area contributed by atoms with Crippen molar-refractivity contribution >= 4 is 12.4 Å². The van der Waals surface area contributed by atoms with Gasteiger partial charge < -0.3 is 9.84 Å². The molecule has 1 saturated carbocycles. The van der Waals surface area contributed by atoms with Crippen molar-refractivity contribution in [2.24, 2.45) is 5.92 Å². The number of aryl methyl sites for hydroxylation is 1. The van der Waals surface area contributed by atoms with Crippen LogP contribution >= 0.6 is 12.4 Å². The monoisotopic (exact) mass is 305 g/mol. The quantitative estimate of drug-likeness (QED) is 0.926. The molecule has 1 aliphatic carbocycles. The molecule has 4 nitrogen and oxygen atoms in total. The Balaban J connectivity index is 0.00000132. The van der Waals surface area contributed by atoms with E-state index in [1.54, 1.807) is 0 Å². The summed E-state index contributed by atoms with van der Waals surface area (Å²) in [6, 6.07) is 8.28. The second kappa shape index (κ2) is 5.43. The average Bonchev–Trinajstić information content (AvgIpc) is 3.13. The first kappa shape index (κ1) is 14.5. The number of aromatic nitrogens is 2. The minimum absolute atomic E-state index is 0. The maximum Gasteiger partial charge on any atom is 0.234 e. The van der Waals surface area contributed by atoms with Crippen molar-refractivity contribution in [3.8, 4) is 11.4 Å². The third kappa shape index (κ3) is 2.27. The van der Waals surface area contributed by atoms with Crippen molar-refractivity contribution in [2.75, 3.05) is 13.1 Å². The maximum absolute atomic E-state index is 5.64. The molecule has 2 aliphatic rings. The fourth-order valence-corrected chi connectivity index (χ4v) is 3.75. The van der Waals surface area contributed by atoms with E-state index >= 15 is 0 Å². The lowest BCUT2D eigenvalue weighted by molar-refractivity contribution is 0.265. The van der Waals surface area contributed by atoms with Crippen LogP contribution in [0.5, 0.6) is 0 Å². The molecule has 2 aromatic rings. The van der Waals surface area contributed by atoms with E-state index in [0.29, 0.717) is 11.7 Å². The largest absolute Gasteiger partial charge is 0.338 e. The standard InChI is InChI=1S/C16H19N3O.ClH/c1-11-4-6-12(7-5-11)14-18-15(20-19-14)16-8-2-3-13(16)9-17-10-16;/h4-7,13,17H,2-3,8-10H2,1H3;1H/t13-,16-;/m1./s1. The second-order valence-electron chi connectivity index (χ2n) is 6.17. The van der Waals surface area contributed by atoms with Gasteiger partial charge >= 0.3 is 0 Å². The number of hydrogen-bond donors (Lipinski definition) is 1. The number of benzene rings is 1. The summed E-state index contributed by atoms with van der Waals surface area (Å²) in [5.74, 6) is 2.21. The van der Waals surface area contributed by atoms with Gasteiger partial charge in [-0.1, -0.05) is 41.4 Å². The number of nitrogens with one attached hydrogen (secondary N) is 1. The fourth-order valence-electron chi connectivity index (χ4n) is 3.75. The predicted octanol–water partition coefficient (Wildman–Crippen LogP) is 3.11. The van der Waals surface area contributed by atoms with E-state index in [1.807, 2.05) is 0 Å². The highest BCUT2D eigenvalue weighted by atomic mass is 35.5. The smallest absolute Gasteiger partial charge is 0.234 e. The van der Waals surface area contributed by atoms with Crippen LogP contribution in [0.2, 0.25) is 0 Å². The molecular formula is C16H20ClN3O. The molecule has 4 rings (SSSR count). The van der Waals surface area contributed by atoms with Gasteiger partial charge in [-0.3, -0.25) is 0 Å². The van der Waals surface area contributed by atoms with E-state index in [0.717, 1.165) is 24.5 Å². The van der Waals surface area contributed by atoms with Gasteiger partial charge in [0.25, 0.3) is 0 Å². The zero-order chi connectivity index (χ0) is 13.6. The molecule has 2 fully saturated rings. The van der Waals surface area contributed by atoms with Crippen molar-refractivity contribution in [3.63, 3.8) is 0 Å². The first-order valence-corrected chi connectivity index (χ1v) is 7.40. The second-order valence-corrected chi connectivity index (χ2v) is 6.17. The molecule has 0 spiro atoms. The minimum atomic E-state index is 0. The molecule has 2 atom stereocenters. The Hall–Kier alpha value is -1.39. The van der Waals surface area contributed by atoms with Gasteiger partial charge in [0, 0.05) is 12.1 Å². The van der Waals surface area contributed by atoms with Gasteiger partial charge in [0.2, 0.25) is 11.7 Å². The lowest BCUT2D eigenvalue weighted by atomic mass is 9.80. The van der Waals surface area contributed by atoms with Gasteiger partial charge in [-0.2, -0.15) is 4.98 Å². The summed E-state index contributed by atoms with van der Waals surface area (Å²) < 4.78 is 5.64. The molecule has 112 valence electrons. The number of fused-ring (bicyclic) bond motifs is 1. The number of rotatable bonds is 2. The van der Waals surface area contributed by atoms with Crippen molar-refractivity contribution in [1.82, 2.24) is 15.5 Å². The van der Waals surface area contributed by atoms with Crippen molar-refractivity contribution in [2.45, 2.75) is 31.6 Å². The molecule has 1 aromatic carbocycles. The Morgan fingerprint density at radius 1 is 1.29 bits per heavy atom. The van der Waals surface area contributed by atoms with Crippen LogP contribution in [-0.4, -0.2) is 23.2 Å². The van der Waals surface area contributed by atoms with Crippen LogP contribution in [0.3, 0.4) is 0 Å². The molecule has 0 unspecified atom stereocenters. The molecule has 5 heteroatoms. The zero-order valence-corrected chi connectivity index (χ0v) is 12.9. The lowest BCUT2D eigenvalue weighted by Gasteiger charge is -2.22. The predicted molar refractivity (Wildman–Crippen MR) is 83.6 cm³/mol. The first-order chi connectivity index (χ1) is 9.78. The Morgan fingerprint density at radius 2 is 2.10 bits per heavy atom. The molecule has 0 bridgehead atoms. The molecule has 1 aliphatic heterocycles. The van der Waals surface area contributed by atoms with Gasteiger partial charge in [0.05, 0.1) is 5.41 Å². The van der Waals surface area contributed by atoms with Crippen LogP contribution in [0.4, 0.5) is 0 Å². The topological polar surface area (TPSA) is 51.0 Å². The highest BCUT2D eigenvalue weighted by Crippen LogP contribution is 2.47. The Bertz CT molecular complexity index is 613. The Morgan fingerprint density at radius 3 is 2.90 bits per heavy atom. The van der Waals surface area contributed by atoms with Crippen molar-refractivity contribution in [3.05, 3.63) is 35.7 Å². The molecule has 21 heavy (non-hydrogen) atoms. The van der Waals surface area contributed by atoms with E-state index in [-0.39, 0.29) is 17.8 Å². The normalized spacial score (nSPS) is 27.4. The van der Waals surface area contributed by atoms with Crippen LogP contribution < -0.4 is 5.32 Å². The van der Waals surface area contributed by atoms with E-state index < -0.39 is 0 Å². The summed E-state index contributed by atoms with van der Waals surface area (Å²) in [6.07, 6.45) is 3.71. The van der Waals surface area contributed by atoms with Gasteiger partial charge in [-0.25, -0.2) is 0 Å². The summed E-state index contributed by atoms with van der Waals surface area (Å²) in [6.45, 7) is 4.15. The van der Waals surface area contributed by atoms with Crippen molar-refractivity contribution < 1.29 is 4.52 Å². The van der Waals surface area contributed by atoms with Gasteiger partial charge in [-0.15, -0.1) is 12.4 Å². The van der Waals surface area contributed by atoms with Crippen LogP contribution in [0.1, 0.15) is 30.7 Å². The van der Waals surface area contributed by atoms with Gasteiger partial charge in [0.15, 0.2) is 0 Å². The summed E-state index contributed by atoms with van der Waals surface area (Å²) in [7, 11) is 0. The summed E-state index contributed by atoms with van der Waals surface area (Å²) in [5, 5.41) is 7.69. The van der Waals surface area contributed by atoms with Crippen LogP contribution in [0.15, 0.2) is 28.8 Å². The van der Waals surface area contributed by atoms with E-state index in [1.165, 1.54) is 24.8 Å². The molecule has 1 saturated heterocycles. The van der Waals surface area contributed by atoms with Crippen LogP contribution in [0.25, 0.3) is 11.4 Å². The SMILES string of the molecule is Cc1ccc(-c2noc([C@@]34CCC[C@@H]3CNC4)n2)cc1.Cl. The molecular weight excluding hydrogens is 286 g/mol. The molecule has 1 N–H and O–H groups in total. The summed E-state index contributed by atoms with van der Waals surface area (Å²) in [4.78, 5) is 4.71. The third-order valence-corrected chi connectivity index (χ3v) is 4.95.